The first-order valence-corrected chi connectivity index (χ1v) is 10.2. The molecule has 3 N–H and O–H groups in total. The molecule has 0 unspecified atom stereocenters. The van der Waals surface area contributed by atoms with Gasteiger partial charge in [-0.25, -0.2) is 0 Å². The lowest BCUT2D eigenvalue weighted by molar-refractivity contribution is -0.122. The Morgan fingerprint density at radius 1 is 0.679 bits per heavy atom. The average molecular weight is 409 g/mol. The van der Waals surface area contributed by atoms with Crippen LogP contribution in [0.3, 0.4) is 0 Å². The second-order valence-corrected chi connectivity index (χ2v) is 5.92. The topological polar surface area (TPSA) is 111 Å². The monoisotopic (exact) mass is 408 g/mol. The van der Waals surface area contributed by atoms with E-state index in [2.05, 4.69) is 12.2 Å². The van der Waals surface area contributed by atoms with Gasteiger partial charge in [-0.1, -0.05) is 13.3 Å². The van der Waals surface area contributed by atoms with Crippen LogP contribution in [-0.2, 0) is 33.2 Å². The van der Waals surface area contributed by atoms with Gasteiger partial charge in [-0.15, -0.1) is 0 Å². The van der Waals surface area contributed by atoms with Gasteiger partial charge in [0.2, 0.25) is 5.91 Å². The van der Waals surface area contributed by atoms with E-state index in [0.29, 0.717) is 92.2 Å². The minimum atomic E-state index is 0.0353. The maximum atomic E-state index is 11.4. The fourth-order valence-corrected chi connectivity index (χ4v) is 1.94. The van der Waals surface area contributed by atoms with Gasteiger partial charge in [-0.2, -0.15) is 0 Å². The van der Waals surface area contributed by atoms with Crippen LogP contribution in [0, 0.1) is 0 Å². The minimum Gasteiger partial charge on any atom is -0.379 e. The molecule has 0 aliphatic heterocycles. The lowest BCUT2D eigenvalue weighted by Crippen LogP contribution is -2.25. The Kier molecular flexibility index (Phi) is 23.5. The van der Waals surface area contributed by atoms with Gasteiger partial charge in [-0.3, -0.25) is 4.79 Å². The maximum Gasteiger partial charge on any atom is 0.222 e. The van der Waals surface area contributed by atoms with Crippen molar-refractivity contribution in [3.8, 4) is 0 Å². The van der Waals surface area contributed by atoms with Crippen molar-refractivity contribution in [3.05, 3.63) is 0 Å². The molecule has 0 radical (unpaired) electrons. The van der Waals surface area contributed by atoms with E-state index < -0.39 is 0 Å². The maximum absolute atomic E-state index is 11.4. The van der Waals surface area contributed by atoms with Gasteiger partial charge in [0.25, 0.3) is 0 Å². The molecular formula is C19H40N2O7. The summed E-state index contributed by atoms with van der Waals surface area (Å²) in [6, 6.07) is 0. The van der Waals surface area contributed by atoms with Gasteiger partial charge in [0.05, 0.1) is 79.3 Å². The van der Waals surface area contributed by atoms with Crippen LogP contribution in [-0.4, -0.2) is 98.3 Å². The Labute approximate surface area is 169 Å². The summed E-state index contributed by atoms with van der Waals surface area (Å²) in [5.41, 5.74) is 5.30. The number of nitrogens with one attached hydrogen (secondary N) is 1. The number of unbranched alkanes of at least 4 members (excludes halogenated alkanes) is 1. The fourth-order valence-electron chi connectivity index (χ4n) is 1.94. The second kappa shape index (κ2) is 24.2. The third-order valence-corrected chi connectivity index (χ3v) is 3.45. The highest BCUT2D eigenvalue weighted by Crippen LogP contribution is 1.88. The van der Waals surface area contributed by atoms with Crippen molar-refractivity contribution in [2.24, 2.45) is 5.73 Å². The first-order chi connectivity index (χ1) is 13.8. The number of amides is 1. The van der Waals surface area contributed by atoms with Gasteiger partial charge in [-0.05, 0) is 6.42 Å². The van der Waals surface area contributed by atoms with Gasteiger partial charge >= 0.3 is 0 Å². The highest BCUT2D eigenvalue weighted by atomic mass is 16.6. The molecule has 1 amide bonds. The molecule has 0 atom stereocenters. The summed E-state index contributed by atoms with van der Waals surface area (Å²) in [5, 5.41) is 2.85. The number of rotatable bonds is 23. The van der Waals surface area contributed by atoms with E-state index in [0.717, 1.165) is 19.4 Å². The molecule has 0 aliphatic carbocycles. The first-order valence-electron chi connectivity index (χ1n) is 10.2. The Morgan fingerprint density at radius 3 is 1.46 bits per heavy atom. The molecule has 0 aromatic carbocycles. The summed E-state index contributed by atoms with van der Waals surface area (Å²) in [6.45, 7) is 9.54. The van der Waals surface area contributed by atoms with Crippen molar-refractivity contribution >= 4 is 5.91 Å². The molecule has 0 aliphatic rings. The standard InChI is InChI=1S/C19H40N2O7/c1-2-3-6-21-19(22)4-7-23-9-11-25-13-15-27-17-18-28-16-14-26-12-10-24-8-5-20/h2-18,20H2,1H3,(H,21,22). The number of hydrogen-bond donors (Lipinski definition) is 2. The zero-order valence-electron chi connectivity index (χ0n) is 17.5. The molecule has 0 rings (SSSR count). The molecule has 0 aromatic rings. The van der Waals surface area contributed by atoms with Crippen LogP contribution >= 0.6 is 0 Å². The normalized spacial score (nSPS) is 11.1. The zero-order chi connectivity index (χ0) is 20.5. The summed E-state index contributed by atoms with van der Waals surface area (Å²) >= 11 is 0. The second-order valence-electron chi connectivity index (χ2n) is 5.92. The predicted octanol–water partition coefficient (Wildman–Crippen LogP) is 0.351. The SMILES string of the molecule is CCCCNC(=O)CCOCCOCCOCCOCCOCCOCCN. The third-order valence-electron chi connectivity index (χ3n) is 3.45. The Bertz CT molecular complexity index is 323. The molecule has 0 saturated heterocycles. The molecule has 0 heterocycles. The van der Waals surface area contributed by atoms with Crippen molar-refractivity contribution < 1.29 is 33.2 Å². The van der Waals surface area contributed by atoms with E-state index in [4.69, 9.17) is 34.2 Å². The van der Waals surface area contributed by atoms with Crippen LogP contribution in [0.1, 0.15) is 26.2 Å². The molecular weight excluding hydrogens is 368 g/mol. The van der Waals surface area contributed by atoms with Gasteiger partial charge < -0.3 is 39.5 Å². The highest BCUT2D eigenvalue weighted by Gasteiger charge is 2.00. The molecule has 0 spiro atoms. The van der Waals surface area contributed by atoms with E-state index in [-0.39, 0.29) is 5.91 Å². The number of nitrogens with two attached hydrogens (primary N) is 1. The molecule has 0 bridgehead atoms. The fraction of sp³-hybridized carbons (Fsp3) is 0.947. The van der Waals surface area contributed by atoms with Crippen molar-refractivity contribution in [3.63, 3.8) is 0 Å². The van der Waals surface area contributed by atoms with Crippen molar-refractivity contribution in [2.75, 3.05) is 92.4 Å². The van der Waals surface area contributed by atoms with Crippen molar-refractivity contribution in [1.29, 1.82) is 0 Å². The van der Waals surface area contributed by atoms with E-state index >= 15 is 0 Å². The summed E-state index contributed by atoms with van der Waals surface area (Å²) in [7, 11) is 0. The van der Waals surface area contributed by atoms with Crippen LogP contribution in [0.15, 0.2) is 0 Å². The molecule has 28 heavy (non-hydrogen) atoms. The molecule has 9 heteroatoms. The van der Waals surface area contributed by atoms with Crippen molar-refractivity contribution in [1.82, 2.24) is 5.32 Å². The van der Waals surface area contributed by atoms with Crippen LogP contribution in [0.25, 0.3) is 0 Å². The van der Waals surface area contributed by atoms with Gasteiger partial charge in [0, 0.05) is 19.5 Å². The summed E-state index contributed by atoms with van der Waals surface area (Å²) in [5.74, 6) is 0.0353. The minimum absolute atomic E-state index is 0.0353. The predicted molar refractivity (Wildman–Crippen MR) is 107 cm³/mol. The smallest absolute Gasteiger partial charge is 0.222 e. The van der Waals surface area contributed by atoms with E-state index in [9.17, 15) is 4.79 Å². The Hall–Kier alpha value is -0.810. The lowest BCUT2D eigenvalue weighted by atomic mass is 10.3. The molecule has 9 nitrogen and oxygen atoms in total. The van der Waals surface area contributed by atoms with Gasteiger partial charge in [0.1, 0.15) is 0 Å². The molecule has 0 fully saturated rings. The molecule has 0 saturated carbocycles. The van der Waals surface area contributed by atoms with Crippen LogP contribution in [0.5, 0.6) is 0 Å². The largest absolute Gasteiger partial charge is 0.379 e. The Balaban J connectivity index is 3.06. The van der Waals surface area contributed by atoms with E-state index in [1.807, 2.05) is 0 Å². The number of ether oxygens (including phenoxy) is 6. The van der Waals surface area contributed by atoms with E-state index in [1.54, 1.807) is 0 Å². The summed E-state index contributed by atoms with van der Waals surface area (Å²) < 4.78 is 32.0. The molecule has 0 aromatic heterocycles. The van der Waals surface area contributed by atoms with Crippen LogP contribution in [0.4, 0.5) is 0 Å². The van der Waals surface area contributed by atoms with Crippen molar-refractivity contribution in [2.45, 2.75) is 26.2 Å². The Morgan fingerprint density at radius 2 is 1.07 bits per heavy atom. The van der Waals surface area contributed by atoms with E-state index in [1.165, 1.54) is 0 Å². The summed E-state index contributed by atoms with van der Waals surface area (Å²) in [6.07, 6.45) is 2.47. The average Bonchev–Trinajstić information content (AvgIpc) is 2.70. The third kappa shape index (κ3) is 23.2. The zero-order valence-corrected chi connectivity index (χ0v) is 17.5. The quantitative estimate of drug-likeness (QED) is 0.233. The molecule has 168 valence electrons. The lowest BCUT2D eigenvalue weighted by Gasteiger charge is -2.08. The van der Waals surface area contributed by atoms with Crippen LogP contribution in [0.2, 0.25) is 0 Å². The highest BCUT2D eigenvalue weighted by molar-refractivity contribution is 5.75. The van der Waals surface area contributed by atoms with Gasteiger partial charge in [0.15, 0.2) is 0 Å². The number of carbonyl (C=O) groups is 1. The number of hydrogen-bond acceptors (Lipinski definition) is 8. The summed E-state index contributed by atoms with van der Waals surface area (Å²) in [4.78, 5) is 11.4. The van der Waals surface area contributed by atoms with Crippen LogP contribution < -0.4 is 11.1 Å². The first kappa shape index (κ1) is 27.2. The number of carbonyl (C=O) groups excluding carboxylic acids is 1.